The van der Waals surface area contributed by atoms with E-state index >= 15 is 0 Å². The molecule has 0 heterocycles. The van der Waals surface area contributed by atoms with E-state index in [2.05, 4.69) is 55.6 Å². The van der Waals surface area contributed by atoms with Gasteiger partial charge < -0.3 is 20.6 Å². The normalized spacial score (nSPS) is 13.7. The van der Waals surface area contributed by atoms with E-state index in [-0.39, 0.29) is 12.5 Å². The Labute approximate surface area is 355 Å². The molecule has 4 N–H and O–H groups in total. The molecule has 0 bridgehead atoms. The van der Waals surface area contributed by atoms with Crippen molar-refractivity contribution in [2.24, 2.45) is 0 Å². The third kappa shape index (κ3) is 42.5. The summed E-state index contributed by atoms with van der Waals surface area (Å²) < 4.78 is 0. The topological polar surface area (TPSA) is 89.8 Å². The molecule has 0 aliphatic heterocycles. The lowest BCUT2D eigenvalue weighted by molar-refractivity contribution is -0.124. The molecule has 0 radical (unpaired) electrons. The minimum atomic E-state index is -1.17. The maximum atomic E-state index is 12.5. The van der Waals surface area contributed by atoms with Gasteiger partial charge in [0.15, 0.2) is 0 Å². The lowest BCUT2D eigenvalue weighted by Crippen LogP contribution is -2.50. The van der Waals surface area contributed by atoms with E-state index < -0.39 is 18.2 Å². The van der Waals surface area contributed by atoms with Gasteiger partial charge in [-0.25, -0.2) is 0 Å². The Hall–Kier alpha value is -1.43. The monoisotopic (exact) mass is 802 g/mol. The van der Waals surface area contributed by atoms with Crippen LogP contribution in [0.3, 0.4) is 0 Å². The Morgan fingerprint density at radius 3 is 1.09 bits per heavy atom. The van der Waals surface area contributed by atoms with Crippen molar-refractivity contribution in [1.82, 2.24) is 5.32 Å². The molecule has 0 aromatic rings. The smallest absolute Gasteiger partial charge is 0.220 e. The van der Waals surface area contributed by atoms with Crippen LogP contribution in [0.2, 0.25) is 0 Å². The molecule has 0 fully saturated rings. The zero-order chi connectivity index (χ0) is 41.5. The Kier molecular flexibility index (Phi) is 46.1. The maximum Gasteiger partial charge on any atom is 0.220 e. The highest BCUT2D eigenvalue weighted by Crippen LogP contribution is 2.16. The highest BCUT2D eigenvalue weighted by molar-refractivity contribution is 5.76. The fraction of sp³-hybridized carbons (Fsp3) is 0.865. The van der Waals surface area contributed by atoms with Crippen molar-refractivity contribution >= 4 is 5.91 Å². The summed E-state index contributed by atoms with van der Waals surface area (Å²) >= 11 is 0. The number of rotatable bonds is 46. The van der Waals surface area contributed by atoms with E-state index in [1.807, 2.05) is 0 Å². The van der Waals surface area contributed by atoms with Crippen LogP contribution in [0, 0.1) is 0 Å². The predicted octanol–water partition coefficient (Wildman–Crippen LogP) is 15.1. The van der Waals surface area contributed by atoms with E-state index in [1.165, 1.54) is 193 Å². The second-order valence-corrected chi connectivity index (χ2v) is 17.4. The van der Waals surface area contributed by atoms with E-state index in [1.54, 1.807) is 0 Å². The summed E-state index contributed by atoms with van der Waals surface area (Å²) in [6.45, 7) is 4.15. The van der Waals surface area contributed by atoms with Crippen molar-refractivity contribution in [3.05, 3.63) is 36.5 Å². The third-order valence-corrected chi connectivity index (χ3v) is 11.7. The highest BCUT2D eigenvalue weighted by Gasteiger charge is 2.26. The first kappa shape index (κ1) is 55.6. The van der Waals surface area contributed by atoms with Gasteiger partial charge in [-0.05, 0) is 77.0 Å². The molecule has 0 saturated carbocycles. The van der Waals surface area contributed by atoms with Crippen LogP contribution in [-0.2, 0) is 4.79 Å². The van der Waals surface area contributed by atoms with Gasteiger partial charge in [0.05, 0.1) is 18.8 Å². The molecule has 5 nitrogen and oxygen atoms in total. The average Bonchev–Trinajstić information content (AvgIpc) is 3.22. The first-order valence-corrected chi connectivity index (χ1v) is 25.3. The summed E-state index contributed by atoms with van der Waals surface area (Å²) in [7, 11) is 0. The van der Waals surface area contributed by atoms with Gasteiger partial charge in [0.1, 0.15) is 6.10 Å². The van der Waals surface area contributed by atoms with Crippen LogP contribution in [0.4, 0.5) is 0 Å². The molecule has 0 aromatic carbocycles. The molecular weight excluding hydrogens is 703 g/mol. The van der Waals surface area contributed by atoms with Crippen molar-refractivity contribution in [3.8, 4) is 0 Å². The predicted molar refractivity (Wildman–Crippen MR) is 250 cm³/mol. The zero-order valence-corrected chi connectivity index (χ0v) is 38.2. The van der Waals surface area contributed by atoms with Gasteiger partial charge in [0, 0.05) is 6.42 Å². The second-order valence-electron chi connectivity index (χ2n) is 17.4. The molecule has 0 aliphatic carbocycles. The number of unbranched alkanes of at least 4 members (excludes halogenated alkanes) is 32. The molecule has 0 saturated heterocycles. The summed E-state index contributed by atoms with van der Waals surface area (Å²) in [6.07, 6.45) is 60.0. The Morgan fingerprint density at radius 2 is 0.719 bits per heavy atom. The largest absolute Gasteiger partial charge is 0.394 e. The molecule has 3 atom stereocenters. The molecule has 3 unspecified atom stereocenters. The van der Waals surface area contributed by atoms with Crippen molar-refractivity contribution in [1.29, 1.82) is 0 Å². The van der Waals surface area contributed by atoms with Gasteiger partial charge in [0.25, 0.3) is 0 Å². The van der Waals surface area contributed by atoms with E-state index in [4.69, 9.17) is 0 Å². The minimum Gasteiger partial charge on any atom is -0.394 e. The van der Waals surface area contributed by atoms with Crippen LogP contribution in [0.5, 0.6) is 0 Å². The number of hydrogen-bond acceptors (Lipinski definition) is 4. The van der Waals surface area contributed by atoms with E-state index in [0.29, 0.717) is 12.8 Å². The number of hydrogen-bond donors (Lipinski definition) is 4. The van der Waals surface area contributed by atoms with Gasteiger partial charge in [0.2, 0.25) is 5.91 Å². The Balaban J connectivity index is 3.54. The van der Waals surface area contributed by atoms with Gasteiger partial charge in [-0.15, -0.1) is 0 Å². The standard InChI is InChI=1S/C52H99NO4/c1-3-5-7-9-11-13-15-17-18-19-20-21-22-23-24-25-26-27-28-29-30-31-32-33-35-37-39-41-43-45-47-51(56)53-49(48-54)52(57)50(55)46-44-42-40-38-36-34-16-14-12-10-8-6-4-2/h14,16,23-24,38,40,49-50,52,54-55,57H,3-13,15,17-22,25-37,39,41-48H2,1-2H3,(H,53,56)/b16-14+,24-23-,40-38+. The summed E-state index contributed by atoms with van der Waals surface area (Å²) in [5.74, 6) is -0.157. The minimum absolute atomic E-state index is 0.157. The Bertz CT molecular complexity index is 885. The number of allylic oxidation sites excluding steroid dienone is 6. The average molecular weight is 802 g/mol. The molecule has 57 heavy (non-hydrogen) atoms. The van der Waals surface area contributed by atoms with Crippen LogP contribution in [0.25, 0.3) is 0 Å². The van der Waals surface area contributed by atoms with Crippen LogP contribution in [-0.4, -0.2) is 46.1 Å². The van der Waals surface area contributed by atoms with Gasteiger partial charge in [-0.3, -0.25) is 4.79 Å². The molecule has 0 aliphatic rings. The lowest BCUT2D eigenvalue weighted by atomic mass is 10.0. The molecule has 0 aromatic heterocycles. The number of nitrogens with one attached hydrogen (secondary N) is 1. The number of carbonyl (C=O) groups excluding carboxylic acids is 1. The van der Waals surface area contributed by atoms with Crippen LogP contribution in [0.15, 0.2) is 36.5 Å². The van der Waals surface area contributed by atoms with Crippen molar-refractivity contribution < 1.29 is 20.1 Å². The zero-order valence-electron chi connectivity index (χ0n) is 38.2. The van der Waals surface area contributed by atoms with Gasteiger partial charge in [-0.1, -0.05) is 217 Å². The fourth-order valence-corrected chi connectivity index (χ4v) is 7.76. The van der Waals surface area contributed by atoms with Crippen LogP contribution in [0.1, 0.15) is 264 Å². The van der Waals surface area contributed by atoms with Crippen LogP contribution >= 0.6 is 0 Å². The van der Waals surface area contributed by atoms with Gasteiger partial charge >= 0.3 is 0 Å². The van der Waals surface area contributed by atoms with Crippen LogP contribution < -0.4 is 5.32 Å². The van der Waals surface area contributed by atoms with Crippen molar-refractivity contribution in [3.63, 3.8) is 0 Å². The SMILES string of the molecule is CCCCCC/C=C/CC/C=C/CCCC(O)C(O)C(CO)NC(=O)CCCCCCCCCCCCCCCC/C=C\CCCCCCCCCCCCCC. The molecular formula is C52H99NO4. The molecule has 0 spiro atoms. The van der Waals surface area contributed by atoms with Crippen molar-refractivity contribution in [2.75, 3.05) is 6.61 Å². The summed E-state index contributed by atoms with van der Waals surface area (Å²) in [5.41, 5.74) is 0. The maximum absolute atomic E-state index is 12.5. The molecule has 0 rings (SSSR count). The Morgan fingerprint density at radius 1 is 0.421 bits per heavy atom. The number of amides is 1. The number of carbonyl (C=O) groups is 1. The lowest BCUT2D eigenvalue weighted by Gasteiger charge is -2.26. The number of aliphatic hydroxyl groups excluding tert-OH is 3. The fourth-order valence-electron chi connectivity index (χ4n) is 7.76. The molecule has 5 heteroatoms. The van der Waals surface area contributed by atoms with Gasteiger partial charge in [-0.2, -0.15) is 0 Å². The molecule has 336 valence electrons. The molecule has 1 amide bonds. The number of aliphatic hydroxyl groups is 3. The highest BCUT2D eigenvalue weighted by atomic mass is 16.3. The van der Waals surface area contributed by atoms with Crippen molar-refractivity contribution in [2.45, 2.75) is 283 Å². The summed E-state index contributed by atoms with van der Waals surface area (Å²) in [4.78, 5) is 12.5. The summed E-state index contributed by atoms with van der Waals surface area (Å²) in [6, 6.07) is -0.831. The second kappa shape index (κ2) is 47.3. The third-order valence-electron chi connectivity index (χ3n) is 11.7. The first-order valence-electron chi connectivity index (χ1n) is 25.3. The van der Waals surface area contributed by atoms with E-state index in [0.717, 1.165) is 44.9 Å². The quantitative estimate of drug-likeness (QED) is 0.0365. The first-order chi connectivity index (χ1) is 28.1. The van der Waals surface area contributed by atoms with E-state index in [9.17, 15) is 20.1 Å². The summed E-state index contributed by atoms with van der Waals surface area (Å²) in [5, 5.41) is 33.5.